The first-order valence-electron chi connectivity index (χ1n) is 15.1. The summed E-state index contributed by atoms with van der Waals surface area (Å²) in [4.78, 5) is 37.9. The van der Waals surface area contributed by atoms with Gasteiger partial charge in [-0.15, -0.1) is 0 Å². The molecule has 0 spiro atoms. The fourth-order valence-electron chi connectivity index (χ4n) is 9.21. The summed E-state index contributed by atoms with van der Waals surface area (Å²) in [5.74, 6) is 2.49. The Morgan fingerprint density at radius 1 is 1.15 bits per heavy atom. The molecule has 2 unspecified atom stereocenters. The van der Waals surface area contributed by atoms with E-state index in [0.29, 0.717) is 55.3 Å². The van der Waals surface area contributed by atoms with Gasteiger partial charge in [-0.3, -0.25) is 4.79 Å². The van der Waals surface area contributed by atoms with Gasteiger partial charge in [-0.1, -0.05) is 25.5 Å². The molecular formula is C31H44N4O4. The zero-order valence-corrected chi connectivity index (χ0v) is 23.5. The maximum Gasteiger partial charge on any atom is 0.335 e. The van der Waals surface area contributed by atoms with Crippen LogP contribution in [0.4, 0.5) is 4.79 Å². The maximum atomic E-state index is 12.7. The van der Waals surface area contributed by atoms with Crippen LogP contribution < -0.4 is 21.6 Å². The minimum atomic E-state index is -0.278. The number of carbonyl (C=O) groups is 2. The Hall–Kier alpha value is -2.61. The first-order chi connectivity index (χ1) is 18.8. The summed E-state index contributed by atoms with van der Waals surface area (Å²) >= 11 is 0. The van der Waals surface area contributed by atoms with Gasteiger partial charge in [-0.2, -0.15) is 0 Å². The molecule has 0 aromatic carbocycles. The predicted molar refractivity (Wildman–Crippen MR) is 149 cm³/mol. The minimum Gasteiger partial charge on any atom is -0.431 e. The molecule has 0 bridgehead atoms. The number of nitrogens with one attached hydrogen (secondary N) is 3. The zero-order valence-electron chi connectivity index (χ0n) is 23.5. The van der Waals surface area contributed by atoms with Crippen molar-refractivity contribution in [1.29, 1.82) is 0 Å². The van der Waals surface area contributed by atoms with Crippen LogP contribution in [0.3, 0.4) is 0 Å². The van der Waals surface area contributed by atoms with Gasteiger partial charge in [0.2, 0.25) is 5.91 Å². The average molecular weight is 537 g/mol. The molecule has 3 amide bonds. The normalized spacial score (nSPS) is 37.8. The molecule has 6 rings (SSSR count). The fraction of sp³-hybridized carbons (Fsp3) is 0.710. The van der Waals surface area contributed by atoms with Gasteiger partial charge in [-0.25, -0.2) is 9.59 Å². The molecule has 3 N–H and O–H groups in total. The Labute approximate surface area is 231 Å². The van der Waals surface area contributed by atoms with Crippen LogP contribution in [0.1, 0.15) is 76.7 Å². The number of hydrogen-bond donors (Lipinski definition) is 3. The second-order valence-electron chi connectivity index (χ2n) is 13.2. The van der Waals surface area contributed by atoms with Gasteiger partial charge in [-0.05, 0) is 97.5 Å². The Morgan fingerprint density at radius 2 is 2.03 bits per heavy atom. The van der Waals surface area contributed by atoms with Gasteiger partial charge in [0.25, 0.3) is 0 Å². The average Bonchev–Trinajstić information content (AvgIpc) is 3.28. The van der Waals surface area contributed by atoms with Crippen molar-refractivity contribution in [3.05, 3.63) is 46.0 Å². The van der Waals surface area contributed by atoms with Crippen molar-refractivity contribution in [1.82, 2.24) is 20.9 Å². The van der Waals surface area contributed by atoms with Crippen LogP contribution in [-0.4, -0.2) is 55.6 Å². The van der Waals surface area contributed by atoms with Crippen LogP contribution in [0.2, 0.25) is 0 Å². The molecule has 1 aliphatic heterocycles. The number of amides is 3. The van der Waals surface area contributed by atoms with E-state index in [1.807, 2.05) is 11.0 Å². The van der Waals surface area contributed by atoms with Gasteiger partial charge in [0.05, 0.1) is 12.8 Å². The van der Waals surface area contributed by atoms with Gasteiger partial charge in [0.15, 0.2) is 0 Å². The summed E-state index contributed by atoms with van der Waals surface area (Å²) in [6.07, 6.45) is 13.4. The lowest BCUT2D eigenvalue weighted by Gasteiger charge is -2.60. The number of piperazine rings is 1. The first kappa shape index (κ1) is 26.6. The van der Waals surface area contributed by atoms with Crippen molar-refractivity contribution < 1.29 is 14.0 Å². The summed E-state index contributed by atoms with van der Waals surface area (Å²) in [7, 11) is 0. The van der Waals surface area contributed by atoms with Crippen molar-refractivity contribution >= 4 is 11.9 Å². The Bertz CT molecular complexity index is 1170. The lowest BCUT2D eigenvalue weighted by molar-refractivity contribution is -0.131. The summed E-state index contributed by atoms with van der Waals surface area (Å²) in [5, 5.41) is 9.31. The first-order valence-corrected chi connectivity index (χ1v) is 15.1. The molecule has 5 aliphatic rings. The number of urea groups is 1. The van der Waals surface area contributed by atoms with Crippen molar-refractivity contribution in [2.45, 2.75) is 77.2 Å². The highest BCUT2D eigenvalue weighted by atomic mass is 16.4. The molecule has 7 atom stereocenters. The van der Waals surface area contributed by atoms with Crippen LogP contribution in [0.5, 0.6) is 0 Å². The van der Waals surface area contributed by atoms with Crippen molar-refractivity contribution in [3.8, 4) is 0 Å². The van der Waals surface area contributed by atoms with Crippen molar-refractivity contribution in [2.75, 3.05) is 32.7 Å². The SMILES string of the molecule is CC12CC[C@H]3[C@@H](CC[C@@H]4C[C@@H](NC(=O)NCCN5CCNCC5=O)CCC43C)C1=CC[C@@H]2c1ccc(=O)oc1. The molecule has 4 fully saturated rings. The van der Waals surface area contributed by atoms with Crippen molar-refractivity contribution in [2.24, 2.45) is 28.6 Å². The number of hydrogen-bond acceptors (Lipinski definition) is 5. The van der Waals surface area contributed by atoms with Crippen LogP contribution in [0.25, 0.3) is 0 Å². The number of allylic oxidation sites excluding steroid dienone is 2. The van der Waals surface area contributed by atoms with E-state index in [4.69, 9.17) is 4.42 Å². The highest BCUT2D eigenvalue weighted by Crippen LogP contribution is 2.67. The van der Waals surface area contributed by atoms with E-state index in [0.717, 1.165) is 37.8 Å². The highest BCUT2D eigenvalue weighted by molar-refractivity contribution is 5.79. The van der Waals surface area contributed by atoms with Gasteiger partial charge in [0, 0.05) is 38.3 Å². The molecule has 212 valence electrons. The fourth-order valence-corrected chi connectivity index (χ4v) is 9.21. The second-order valence-corrected chi connectivity index (χ2v) is 13.2. The van der Waals surface area contributed by atoms with Crippen molar-refractivity contribution in [3.63, 3.8) is 0 Å². The standard InChI is InChI=1S/C31H44N4O4/c1-30-11-9-22(34-29(38)33-14-16-35-15-13-32-18-27(35)36)17-21(30)4-5-23-25-7-6-24(20-3-8-28(37)39-19-20)31(25,2)12-10-26(23)30/h3,7-8,19,21-24,26,32H,4-6,9-18H2,1-2H3,(H2,33,34,38)/t21-,22+,23+,24-,26+,30?,31?/m1/s1. The molecule has 0 radical (unpaired) electrons. The second kappa shape index (κ2) is 10.4. The van der Waals surface area contributed by atoms with E-state index in [2.05, 4.69) is 35.9 Å². The Morgan fingerprint density at radius 3 is 2.82 bits per heavy atom. The number of fused-ring (bicyclic) bond motifs is 5. The Kier molecular flexibility index (Phi) is 7.11. The molecule has 8 nitrogen and oxygen atoms in total. The van der Waals surface area contributed by atoms with Crippen LogP contribution in [0, 0.1) is 28.6 Å². The quantitative estimate of drug-likeness (QED) is 0.497. The number of nitrogens with zero attached hydrogens (tertiary/aromatic N) is 1. The number of carbonyl (C=O) groups excluding carboxylic acids is 2. The molecule has 4 aliphatic carbocycles. The van der Waals surface area contributed by atoms with E-state index in [1.54, 1.807) is 17.9 Å². The maximum absolute atomic E-state index is 12.7. The van der Waals surface area contributed by atoms with Gasteiger partial charge < -0.3 is 25.3 Å². The molecule has 8 heteroatoms. The summed E-state index contributed by atoms with van der Waals surface area (Å²) in [5.41, 5.74) is 3.01. The van der Waals surface area contributed by atoms with E-state index in [1.165, 1.54) is 25.7 Å². The molecule has 2 heterocycles. The third kappa shape index (κ3) is 4.83. The monoisotopic (exact) mass is 536 g/mol. The van der Waals surface area contributed by atoms with Gasteiger partial charge in [0.1, 0.15) is 0 Å². The molecule has 1 aromatic heterocycles. The molecule has 3 saturated carbocycles. The molecular weight excluding hydrogens is 492 g/mol. The van der Waals surface area contributed by atoms with Crippen LogP contribution >= 0.6 is 0 Å². The molecule has 1 saturated heterocycles. The third-order valence-electron chi connectivity index (χ3n) is 11.4. The molecule has 39 heavy (non-hydrogen) atoms. The topological polar surface area (TPSA) is 104 Å². The minimum absolute atomic E-state index is 0.103. The summed E-state index contributed by atoms with van der Waals surface area (Å²) in [6, 6.07) is 3.65. The Balaban J connectivity index is 1.05. The van der Waals surface area contributed by atoms with Gasteiger partial charge >= 0.3 is 11.7 Å². The van der Waals surface area contributed by atoms with E-state index in [9.17, 15) is 14.4 Å². The van der Waals surface area contributed by atoms with E-state index < -0.39 is 0 Å². The molecule has 1 aromatic rings. The lowest BCUT2D eigenvalue weighted by Crippen LogP contribution is -2.55. The lowest BCUT2D eigenvalue weighted by atomic mass is 9.45. The highest BCUT2D eigenvalue weighted by Gasteiger charge is 2.57. The zero-order chi connectivity index (χ0) is 27.2. The summed E-state index contributed by atoms with van der Waals surface area (Å²) in [6.45, 7) is 7.94. The summed E-state index contributed by atoms with van der Waals surface area (Å²) < 4.78 is 5.25. The predicted octanol–water partition coefficient (Wildman–Crippen LogP) is 3.79. The van der Waals surface area contributed by atoms with E-state index in [-0.39, 0.29) is 29.0 Å². The van der Waals surface area contributed by atoms with Crippen LogP contribution in [-0.2, 0) is 4.79 Å². The smallest absolute Gasteiger partial charge is 0.335 e. The number of rotatable bonds is 5. The largest absolute Gasteiger partial charge is 0.431 e. The van der Waals surface area contributed by atoms with E-state index >= 15 is 0 Å². The third-order valence-corrected chi connectivity index (χ3v) is 11.4. The van der Waals surface area contributed by atoms with Crippen LogP contribution in [0.15, 0.2) is 39.3 Å².